The molecule has 1 fully saturated rings. The lowest BCUT2D eigenvalue weighted by Crippen LogP contribution is -2.24. The second-order valence-electron chi connectivity index (χ2n) is 6.58. The van der Waals surface area contributed by atoms with Gasteiger partial charge in [0, 0.05) is 36.7 Å². The van der Waals surface area contributed by atoms with Crippen molar-refractivity contribution in [3.8, 4) is 11.3 Å². The molecule has 0 spiro atoms. The van der Waals surface area contributed by atoms with Crippen molar-refractivity contribution >= 4 is 29.5 Å². The first-order chi connectivity index (χ1) is 14.5. The fourth-order valence-electron chi connectivity index (χ4n) is 2.78. The van der Waals surface area contributed by atoms with Gasteiger partial charge in [-0.3, -0.25) is 5.01 Å². The molecule has 0 aliphatic heterocycles. The number of carbonyl (C=O) groups is 1. The van der Waals surface area contributed by atoms with Gasteiger partial charge in [0.25, 0.3) is 0 Å². The number of anilines is 1. The molecule has 0 atom stereocenters. The Morgan fingerprint density at radius 3 is 2.23 bits per heavy atom. The predicted molar refractivity (Wildman–Crippen MR) is 131 cm³/mol. The van der Waals surface area contributed by atoms with Crippen LogP contribution in [-0.2, 0) is 4.79 Å². The molecule has 1 heterocycles. The van der Waals surface area contributed by atoms with Crippen LogP contribution >= 0.6 is 11.3 Å². The molecule has 1 saturated carbocycles. The largest absolute Gasteiger partial charge is 0.333 e. The Morgan fingerprint density at radius 1 is 1.27 bits per heavy atom. The van der Waals surface area contributed by atoms with Gasteiger partial charge >= 0.3 is 0 Å². The molecule has 30 heavy (non-hydrogen) atoms. The molecule has 0 saturated heterocycles. The predicted octanol–water partition coefficient (Wildman–Crippen LogP) is 3.98. The molecule has 7 nitrogen and oxygen atoms in total. The van der Waals surface area contributed by atoms with Gasteiger partial charge in [-0.1, -0.05) is 49.6 Å². The number of hydrogen-bond donors (Lipinski definition) is 3. The van der Waals surface area contributed by atoms with Crippen molar-refractivity contribution < 1.29 is 4.79 Å². The molecule has 2 aromatic rings. The van der Waals surface area contributed by atoms with E-state index in [-0.39, 0.29) is 0 Å². The van der Waals surface area contributed by atoms with Crippen molar-refractivity contribution in [2.75, 3.05) is 25.6 Å². The molecule has 1 aliphatic rings. The molecular formula is C22H38N6OS. The molecule has 0 unspecified atom stereocenters. The van der Waals surface area contributed by atoms with Gasteiger partial charge in [0.15, 0.2) is 5.13 Å². The molecule has 5 N–H and O–H groups in total. The third-order valence-electron chi connectivity index (χ3n) is 4.25. The highest BCUT2D eigenvalue weighted by Crippen LogP contribution is 2.30. The second kappa shape index (κ2) is 17.6. The minimum Gasteiger partial charge on any atom is -0.333 e. The van der Waals surface area contributed by atoms with Crippen LogP contribution in [0.1, 0.15) is 43.9 Å². The number of nitrogens with one attached hydrogen (secondary N) is 1. The monoisotopic (exact) mass is 434 g/mol. The minimum atomic E-state index is 0.406. The van der Waals surface area contributed by atoms with Crippen LogP contribution in [0.4, 0.5) is 5.13 Å². The number of hydrazine groups is 1. The molecule has 1 aromatic carbocycles. The van der Waals surface area contributed by atoms with Gasteiger partial charge in [-0.05, 0) is 33.7 Å². The van der Waals surface area contributed by atoms with Gasteiger partial charge in [-0.2, -0.15) is 5.10 Å². The van der Waals surface area contributed by atoms with E-state index in [9.17, 15) is 4.79 Å². The van der Waals surface area contributed by atoms with Gasteiger partial charge in [0.1, 0.15) is 6.29 Å². The lowest BCUT2D eigenvalue weighted by molar-refractivity contribution is -0.111. The number of hydrogen-bond acceptors (Lipinski definition) is 8. The summed E-state index contributed by atoms with van der Waals surface area (Å²) < 4.78 is 0. The zero-order chi connectivity index (χ0) is 22.8. The van der Waals surface area contributed by atoms with Crippen LogP contribution in [0.3, 0.4) is 0 Å². The van der Waals surface area contributed by atoms with Gasteiger partial charge in [0.2, 0.25) is 0 Å². The molecule has 1 aliphatic carbocycles. The van der Waals surface area contributed by atoms with E-state index in [1.807, 2.05) is 25.1 Å². The Balaban J connectivity index is 0.000000472. The maximum Gasteiger partial charge on any atom is 0.200 e. The average molecular weight is 435 g/mol. The highest BCUT2D eigenvalue weighted by molar-refractivity contribution is 7.16. The third-order valence-corrected chi connectivity index (χ3v) is 5.31. The Kier molecular flexibility index (Phi) is 16.2. The van der Waals surface area contributed by atoms with Crippen LogP contribution in [0.2, 0.25) is 0 Å². The highest BCUT2D eigenvalue weighted by atomic mass is 32.1. The zero-order valence-corrected chi connectivity index (χ0v) is 19.6. The van der Waals surface area contributed by atoms with Crippen molar-refractivity contribution in [2.45, 2.75) is 46.0 Å². The minimum absolute atomic E-state index is 0.406. The summed E-state index contributed by atoms with van der Waals surface area (Å²) >= 11 is 1.61. The Labute approximate surface area is 185 Å². The maximum atomic E-state index is 10.2. The quantitative estimate of drug-likeness (QED) is 0.284. The van der Waals surface area contributed by atoms with Crippen LogP contribution in [0.5, 0.6) is 0 Å². The number of aldehydes is 1. The second-order valence-corrected chi connectivity index (χ2v) is 7.76. The van der Waals surface area contributed by atoms with Crippen molar-refractivity contribution in [3.05, 3.63) is 35.2 Å². The van der Waals surface area contributed by atoms with Gasteiger partial charge in [0.05, 0.1) is 5.69 Å². The first-order valence-corrected chi connectivity index (χ1v) is 11.1. The van der Waals surface area contributed by atoms with Crippen LogP contribution in [-0.4, -0.2) is 38.6 Å². The number of aryl methyl sites for hydroxylation is 1. The lowest BCUT2D eigenvalue weighted by Gasteiger charge is -2.14. The van der Waals surface area contributed by atoms with E-state index >= 15 is 0 Å². The molecule has 0 radical (unpaired) electrons. The van der Waals surface area contributed by atoms with Gasteiger partial charge in [-0.25, -0.2) is 10.8 Å². The summed E-state index contributed by atoms with van der Waals surface area (Å²) in [7, 11) is 3.30. The summed E-state index contributed by atoms with van der Waals surface area (Å²) in [4.78, 5) is 15.8. The van der Waals surface area contributed by atoms with E-state index in [0.29, 0.717) is 5.92 Å². The molecule has 1 aromatic heterocycles. The van der Waals surface area contributed by atoms with Crippen molar-refractivity contribution in [1.29, 1.82) is 0 Å². The highest BCUT2D eigenvalue weighted by Gasteiger charge is 2.11. The molecule has 8 heteroatoms. The summed E-state index contributed by atoms with van der Waals surface area (Å²) in [5.41, 5.74) is 9.28. The van der Waals surface area contributed by atoms with E-state index in [1.54, 1.807) is 23.4 Å². The maximum absolute atomic E-state index is 10.2. The van der Waals surface area contributed by atoms with E-state index < -0.39 is 0 Å². The Morgan fingerprint density at radius 2 is 1.87 bits per heavy atom. The SMILES string of the molecule is C=NNCC.CN.Cc1sc(N(C)N)nc1-c1ccccc1.O=CC1CCCCC1. The summed E-state index contributed by atoms with van der Waals surface area (Å²) in [6.07, 6.45) is 7.27. The number of hydrazone groups is 1. The van der Waals surface area contributed by atoms with Crippen LogP contribution < -0.4 is 22.0 Å². The van der Waals surface area contributed by atoms with E-state index in [0.717, 1.165) is 42.1 Å². The Hall–Kier alpha value is -2.29. The van der Waals surface area contributed by atoms with Crippen LogP contribution in [0.15, 0.2) is 35.4 Å². The first-order valence-electron chi connectivity index (χ1n) is 10.3. The fraction of sp³-hybridized carbons (Fsp3) is 0.500. The zero-order valence-electron chi connectivity index (χ0n) is 18.8. The van der Waals surface area contributed by atoms with Crippen molar-refractivity contribution in [1.82, 2.24) is 10.4 Å². The normalized spacial score (nSPS) is 12.6. The van der Waals surface area contributed by atoms with E-state index in [4.69, 9.17) is 5.84 Å². The number of carbonyl (C=O) groups excluding carboxylic acids is 1. The Bertz CT molecular complexity index is 684. The summed E-state index contributed by atoms with van der Waals surface area (Å²) in [6, 6.07) is 10.1. The van der Waals surface area contributed by atoms with E-state index in [2.05, 4.69) is 47.0 Å². The third kappa shape index (κ3) is 11.0. The topological polar surface area (TPSA) is 110 Å². The smallest absolute Gasteiger partial charge is 0.200 e. The molecule has 0 amide bonds. The average Bonchev–Trinajstić information content (AvgIpc) is 3.20. The van der Waals surface area contributed by atoms with Crippen LogP contribution in [0, 0.1) is 12.8 Å². The standard InChI is InChI=1S/C11H13N3S.C7H12O.C3H8N2.CH5N/c1-8-10(9-6-4-3-5-7-9)13-11(15-8)14(2)12;8-6-7-4-2-1-3-5-7;1-3-5-4-2;1-2/h3-7H,12H2,1-2H3;6-7H,1-5H2;5H,2-3H2,1H3;2H2,1H3. The molecule has 168 valence electrons. The summed E-state index contributed by atoms with van der Waals surface area (Å²) in [5.74, 6) is 6.06. The molecular weight excluding hydrogens is 396 g/mol. The van der Waals surface area contributed by atoms with Gasteiger partial charge < -0.3 is 16.0 Å². The fourth-order valence-corrected chi connectivity index (χ4v) is 3.59. The number of benzene rings is 1. The number of aromatic nitrogens is 1. The number of rotatable bonds is 5. The van der Waals surface area contributed by atoms with Crippen molar-refractivity contribution in [2.24, 2.45) is 22.6 Å². The van der Waals surface area contributed by atoms with Crippen LogP contribution in [0.25, 0.3) is 11.3 Å². The number of nitrogens with two attached hydrogens (primary N) is 2. The summed E-state index contributed by atoms with van der Waals surface area (Å²) in [6.45, 7) is 8.08. The molecule has 3 rings (SSSR count). The number of thiazole rings is 1. The summed E-state index contributed by atoms with van der Waals surface area (Å²) in [5, 5.41) is 5.74. The first kappa shape index (κ1) is 27.7. The lowest BCUT2D eigenvalue weighted by atomic mass is 9.91. The number of nitrogens with zero attached hydrogens (tertiary/aromatic N) is 3. The molecule has 0 bridgehead atoms. The van der Waals surface area contributed by atoms with Crippen molar-refractivity contribution in [3.63, 3.8) is 0 Å². The van der Waals surface area contributed by atoms with Gasteiger partial charge in [-0.15, -0.1) is 11.3 Å². The van der Waals surface area contributed by atoms with E-state index in [1.165, 1.54) is 31.2 Å².